The minimum Gasteiger partial charge on any atom is -0.383 e. The maximum atomic E-state index is 13.4. The third-order valence-electron chi connectivity index (χ3n) is 5.94. The number of hydrogen-bond acceptors (Lipinski definition) is 7. The monoisotopic (exact) mass is 542 g/mol. The third kappa shape index (κ3) is 5.93. The van der Waals surface area contributed by atoms with Crippen molar-refractivity contribution in [2.24, 2.45) is 0 Å². The van der Waals surface area contributed by atoms with Gasteiger partial charge in [0.15, 0.2) is 0 Å². The number of aliphatic hydroxyl groups is 1. The number of amides is 3. The van der Waals surface area contributed by atoms with E-state index >= 15 is 0 Å². The maximum Gasteiger partial charge on any atom is 0.452 e. The van der Waals surface area contributed by atoms with Crippen LogP contribution in [0.1, 0.15) is 12.0 Å². The Hall–Kier alpha value is -4.65. The fraction of sp³-hybridized carbons (Fsp3) is 0.231. The number of imide groups is 1. The molecule has 2 atom stereocenters. The van der Waals surface area contributed by atoms with Crippen LogP contribution in [-0.4, -0.2) is 56.5 Å². The van der Waals surface area contributed by atoms with Gasteiger partial charge in [0.25, 0.3) is 17.2 Å². The molecule has 1 fully saturated rings. The van der Waals surface area contributed by atoms with Gasteiger partial charge in [0.1, 0.15) is 30.2 Å². The number of alkyl halides is 3. The Kier molecular flexibility index (Phi) is 7.72. The maximum absolute atomic E-state index is 13.4. The molecule has 3 amide bonds. The van der Waals surface area contributed by atoms with Crippen LogP contribution in [-0.2, 0) is 32.1 Å². The fourth-order valence-electron chi connectivity index (χ4n) is 4.11. The molecule has 1 aliphatic rings. The summed E-state index contributed by atoms with van der Waals surface area (Å²) in [5.41, 5.74) is -0.867. The first-order chi connectivity index (χ1) is 18.5. The molecular formula is C26H21F3N4O6. The largest absolute Gasteiger partial charge is 0.452 e. The Balaban J connectivity index is 1.71. The van der Waals surface area contributed by atoms with Crippen molar-refractivity contribution < 1.29 is 37.5 Å². The normalized spacial score (nSPS) is 16.3. The predicted molar refractivity (Wildman–Crippen MR) is 130 cm³/mol. The summed E-state index contributed by atoms with van der Waals surface area (Å²) in [6.45, 7) is -0.890. The molecule has 13 heteroatoms. The van der Waals surface area contributed by atoms with Gasteiger partial charge >= 0.3 is 6.18 Å². The molecule has 2 heterocycles. The molecule has 2 unspecified atom stereocenters. The van der Waals surface area contributed by atoms with Gasteiger partial charge in [-0.1, -0.05) is 60.7 Å². The van der Waals surface area contributed by atoms with E-state index < -0.39 is 72.5 Å². The van der Waals surface area contributed by atoms with E-state index in [0.717, 1.165) is 10.8 Å². The standard InChI is InChI=1S/C26H21F3N4O6/c27-26(28,29)22(37)17(11-15-7-3-1-4-8-15)31-20(35)14-32-23(16-9-5-2-6-10-16)30-13-18(24(32)38)33-21(36)12-19(34)25(33)39/h1-10,13,17,19,34H,11-12,14H2,(H,31,35). The summed E-state index contributed by atoms with van der Waals surface area (Å²) in [7, 11) is 0. The minimum absolute atomic E-state index is 0.0825. The molecular weight excluding hydrogens is 521 g/mol. The highest BCUT2D eigenvalue weighted by Crippen LogP contribution is 2.23. The predicted octanol–water partition coefficient (Wildman–Crippen LogP) is 1.39. The zero-order valence-electron chi connectivity index (χ0n) is 20.1. The van der Waals surface area contributed by atoms with Crippen LogP contribution < -0.4 is 15.8 Å². The topological polar surface area (TPSA) is 139 Å². The number of hydrogen-bond donors (Lipinski definition) is 2. The number of carbonyl (C=O) groups is 4. The Morgan fingerprint density at radius 1 is 1.03 bits per heavy atom. The Bertz CT molecular complexity index is 1470. The molecule has 4 rings (SSSR count). The number of ketones is 1. The molecule has 2 aromatic carbocycles. The van der Waals surface area contributed by atoms with Crippen LogP contribution in [0, 0.1) is 0 Å². The molecule has 10 nitrogen and oxygen atoms in total. The number of nitrogens with zero attached hydrogens (tertiary/aromatic N) is 3. The van der Waals surface area contributed by atoms with Gasteiger partial charge in [-0.25, -0.2) is 9.88 Å². The highest BCUT2D eigenvalue weighted by atomic mass is 19.4. The minimum atomic E-state index is -5.24. The second kappa shape index (κ2) is 11.0. The van der Waals surface area contributed by atoms with Gasteiger partial charge in [0.05, 0.1) is 12.6 Å². The molecule has 1 aliphatic heterocycles. The van der Waals surface area contributed by atoms with Crippen LogP contribution in [0.4, 0.5) is 18.9 Å². The van der Waals surface area contributed by atoms with Crippen LogP contribution in [0.3, 0.4) is 0 Å². The molecule has 202 valence electrons. The number of benzene rings is 2. The molecule has 1 aromatic heterocycles. The number of nitrogens with one attached hydrogen (secondary N) is 1. The third-order valence-corrected chi connectivity index (χ3v) is 5.94. The highest BCUT2D eigenvalue weighted by molar-refractivity contribution is 6.21. The number of anilines is 1. The lowest BCUT2D eigenvalue weighted by Gasteiger charge is -2.21. The molecule has 0 radical (unpaired) electrons. The van der Waals surface area contributed by atoms with Crippen molar-refractivity contribution in [1.82, 2.24) is 14.9 Å². The summed E-state index contributed by atoms with van der Waals surface area (Å²) in [4.78, 5) is 67.7. The van der Waals surface area contributed by atoms with E-state index in [1.165, 1.54) is 12.1 Å². The lowest BCUT2D eigenvalue weighted by Crippen LogP contribution is -2.49. The molecule has 39 heavy (non-hydrogen) atoms. The van der Waals surface area contributed by atoms with E-state index in [2.05, 4.69) is 10.3 Å². The lowest BCUT2D eigenvalue weighted by molar-refractivity contribution is -0.173. The first-order valence-electron chi connectivity index (χ1n) is 11.6. The number of aliphatic hydroxyl groups excluding tert-OH is 1. The van der Waals surface area contributed by atoms with E-state index in [1.807, 2.05) is 0 Å². The van der Waals surface area contributed by atoms with Gasteiger partial charge in [-0.3, -0.25) is 28.5 Å². The van der Waals surface area contributed by atoms with E-state index in [-0.39, 0.29) is 5.82 Å². The van der Waals surface area contributed by atoms with Crippen LogP contribution in [0.5, 0.6) is 0 Å². The van der Waals surface area contributed by atoms with E-state index in [9.17, 15) is 42.3 Å². The second-order valence-corrected chi connectivity index (χ2v) is 8.68. The second-order valence-electron chi connectivity index (χ2n) is 8.68. The number of rotatable bonds is 8. The Morgan fingerprint density at radius 3 is 2.21 bits per heavy atom. The summed E-state index contributed by atoms with van der Waals surface area (Å²) in [6.07, 6.45) is -6.97. The zero-order chi connectivity index (χ0) is 28.3. The molecule has 3 aromatic rings. The van der Waals surface area contributed by atoms with Crippen molar-refractivity contribution >= 4 is 29.2 Å². The quantitative estimate of drug-likeness (QED) is 0.410. The van der Waals surface area contributed by atoms with Crippen LogP contribution in [0.25, 0.3) is 11.4 Å². The average molecular weight is 542 g/mol. The molecule has 0 spiro atoms. The lowest BCUT2D eigenvalue weighted by atomic mass is 10.0. The molecule has 0 bridgehead atoms. The summed E-state index contributed by atoms with van der Waals surface area (Å²) in [5.74, 6) is -5.30. The van der Waals surface area contributed by atoms with Crippen LogP contribution in [0.2, 0.25) is 0 Å². The summed E-state index contributed by atoms with van der Waals surface area (Å²) in [5, 5.41) is 11.8. The van der Waals surface area contributed by atoms with Crippen LogP contribution in [0.15, 0.2) is 71.7 Å². The Morgan fingerprint density at radius 2 is 1.64 bits per heavy atom. The summed E-state index contributed by atoms with van der Waals surface area (Å²) < 4.78 is 40.7. The van der Waals surface area contributed by atoms with Gasteiger partial charge < -0.3 is 10.4 Å². The Labute approximate surface area is 218 Å². The van der Waals surface area contributed by atoms with Gasteiger partial charge in [-0.05, 0) is 5.56 Å². The highest BCUT2D eigenvalue weighted by Gasteiger charge is 2.44. The van der Waals surface area contributed by atoms with Gasteiger partial charge in [-0.2, -0.15) is 13.2 Å². The summed E-state index contributed by atoms with van der Waals surface area (Å²) in [6, 6.07) is 13.8. The van der Waals surface area contributed by atoms with Gasteiger partial charge in [-0.15, -0.1) is 0 Å². The van der Waals surface area contributed by atoms with Crippen molar-refractivity contribution in [2.75, 3.05) is 4.90 Å². The summed E-state index contributed by atoms with van der Waals surface area (Å²) >= 11 is 0. The number of halogens is 3. The van der Waals surface area contributed by atoms with E-state index in [4.69, 9.17) is 0 Å². The molecule has 0 aliphatic carbocycles. The van der Waals surface area contributed by atoms with Crippen molar-refractivity contribution in [3.8, 4) is 11.4 Å². The van der Waals surface area contributed by atoms with E-state index in [0.29, 0.717) is 16.0 Å². The molecule has 0 saturated carbocycles. The fourth-order valence-corrected chi connectivity index (χ4v) is 4.11. The number of Topliss-reactive ketones (excluding diaryl/α,β-unsaturated/α-hetero) is 1. The first-order valence-corrected chi connectivity index (χ1v) is 11.6. The van der Waals surface area contributed by atoms with Crippen molar-refractivity contribution in [3.63, 3.8) is 0 Å². The molecule has 1 saturated heterocycles. The SMILES string of the molecule is O=C(Cn1c(-c2ccccc2)ncc(N2C(=O)CC(O)C2=O)c1=O)NC(Cc1ccccc1)C(=O)C(F)(F)F. The van der Waals surface area contributed by atoms with E-state index in [1.54, 1.807) is 48.5 Å². The smallest absolute Gasteiger partial charge is 0.383 e. The van der Waals surface area contributed by atoms with Crippen molar-refractivity contribution in [1.29, 1.82) is 0 Å². The number of aromatic nitrogens is 2. The van der Waals surface area contributed by atoms with Gasteiger partial charge in [0.2, 0.25) is 11.8 Å². The average Bonchev–Trinajstić information content (AvgIpc) is 3.15. The zero-order valence-corrected chi connectivity index (χ0v) is 20.1. The van der Waals surface area contributed by atoms with Crippen molar-refractivity contribution in [2.45, 2.75) is 37.7 Å². The molecule has 2 N–H and O–H groups in total. The van der Waals surface area contributed by atoms with Crippen molar-refractivity contribution in [3.05, 3.63) is 82.8 Å². The first kappa shape index (κ1) is 27.4. The van der Waals surface area contributed by atoms with Gasteiger partial charge in [0, 0.05) is 12.0 Å². The number of carbonyl (C=O) groups excluding carboxylic acids is 4. The van der Waals surface area contributed by atoms with Crippen LogP contribution >= 0.6 is 0 Å².